The minimum Gasteiger partial charge on any atom is -0.409 e. The van der Waals surface area contributed by atoms with Crippen LogP contribution in [0.2, 0.25) is 0 Å². The van der Waals surface area contributed by atoms with E-state index in [1.165, 1.54) is 6.07 Å². The van der Waals surface area contributed by atoms with Gasteiger partial charge in [-0.05, 0) is 91.6 Å². The lowest BCUT2D eigenvalue weighted by Gasteiger charge is -2.33. The zero-order valence-corrected chi connectivity index (χ0v) is 19.6. The van der Waals surface area contributed by atoms with E-state index in [0.29, 0.717) is 29.0 Å². The van der Waals surface area contributed by atoms with Crippen LogP contribution in [0.1, 0.15) is 44.1 Å². The fraction of sp³-hybridized carbons (Fsp3) is 0.333. The van der Waals surface area contributed by atoms with Crippen LogP contribution in [-0.2, 0) is 10.2 Å². The molecule has 0 amide bonds. The molecule has 1 atom stereocenters. The highest BCUT2D eigenvalue weighted by molar-refractivity contribution is 7.90. The van der Waals surface area contributed by atoms with Crippen LogP contribution in [0, 0.1) is 17.7 Å². The smallest absolute Gasteiger partial charge is 0.296 e. The van der Waals surface area contributed by atoms with Gasteiger partial charge in [0.15, 0.2) is 0 Å². The molecule has 0 spiro atoms. The van der Waals surface area contributed by atoms with Crippen molar-refractivity contribution in [1.82, 2.24) is 4.98 Å². The zero-order chi connectivity index (χ0) is 24.3. The number of hydrogen-bond donors (Lipinski definition) is 4. The molecule has 1 saturated carbocycles. The maximum absolute atomic E-state index is 13.8. The van der Waals surface area contributed by atoms with Crippen LogP contribution < -0.4 is 15.2 Å². The van der Waals surface area contributed by atoms with Crippen molar-refractivity contribution in [2.24, 2.45) is 22.1 Å². The Morgan fingerprint density at radius 2 is 1.79 bits per heavy atom. The second kappa shape index (κ2) is 9.94. The maximum atomic E-state index is 13.8. The minimum atomic E-state index is -3.84. The first-order valence-corrected chi connectivity index (χ1v) is 12.7. The Kier molecular flexibility index (Phi) is 6.99. The van der Waals surface area contributed by atoms with E-state index in [1.54, 1.807) is 42.6 Å². The molecular formula is C24H28FN5O3S. The predicted molar refractivity (Wildman–Crippen MR) is 132 cm³/mol. The van der Waals surface area contributed by atoms with E-state index >= 15 is 0 Å². The summed E-state index contributed by atoms with van der Waals surface area (Å²) in [5.74, 6) is 0.833. The second-order valence-corrected chi connectivity index (χ2v) is 10.1. The number of aromatic nitrogens is 1. The van der Waals surface area contributed by atoms with Gasteiger partial charge in [0.25, 0.3) is 10.2 Å². The molecular weight excluding hydrogens is 457 g/mol. The van der Waals surface area contributed by atoms with Gasteiger partial charge in [-0.1, -0.05) is 12.1 Å². The summed E-state index contributed by atoms with van der Waals surface area (Å²) < 4.78 is 38.3. The van der Waals surface area contributed by atoms with Crippen LogP contribution in [0.25, 0.3) is 10.9 Å². The summed E-state index contributed by atoms with van der Waals surface area (Å²) in [6.45, 7) is 2.03. The molecule has 5 N–H and O–H groups in total. The summed E-state index contributed by atoms with van der Waals surface area (Å²) in [4.78, 5) is 4.36. The molecule has 1 aliphatic carbocycles. The molecule has 8 nitrogen and oxygen atoms in total. The van der Waals surface area contributed by atoms with Crippen molar-refractivity contribution in [3.8, 4) is 0 Å². The number of pyridine rings is 1. The number of anilines is 2. The van der Waals surface area contributed by atoms with E-state index in [-0.39, 0.29) is 11.7 Å². The Hall–Kier alpha value is -3.24. The van der Waals surface area contributed by atoms with Crippen molar-refractivity contribution in [2.45, 2.75) is 38.5 Å². The standard InChI is InChI=1S/C24H28FN5O3S/c1-15(24(29-31)28-19-7-9-20(10-8-19)30-34(26,32)33)16-2-4-17(5-3-16)21-12-13-27-23-11-6-18(25)14-22(21)23/h6-17,30-31H,2-5H2,1H3,(H,28,29)(H2,26,32,33). The fourth-order valence-electron chi connectivity index (χ4n) is 4.81. The highest BCUT2D eigenvalue weighted by Crippen LogP contribution is 2.41. The van der Waals surface area contributed by atoms with Crippen molar-refractivity contribution >= 4 is 38.3 Å². The number of fused-ring (bicyclic) bond motifs is 1. The van der Waals surface area contributed by atoms with E-state index in [1.807, 2.05) is 13.0 Å². The lowest BCUT2D eigenvalue weighted by Crippen LogP contribution is -2.30. The minimum absolute atomic E-state index is 0.0141. The molecule has 3 aromatic rings. The van der Waals surface area contributed by atoms with Gasteiger partial charge >= 0.3 is 0 Å². The topological polar surface area (TPSA) is 130 Å². The van der Waals surface area contributed by atoms with E-state index in [4.69, 9.17) is 5.14 Å². The number of benzene rings is 2. The normalized spacial score (nSPS) is 20.1. The van der Waals surface area contributed by atoms with Crippen molar-refractivity contribution in [3.05, 3.63) is 66.1 Å². The van der Waals surface area contributed by atoms with Gasteiger partial charge in [-0.25, -0.2) is 9.53 Å². The van der Waals surface area contributed by atoms with Crippen LogP contribution in [0.3, 0.4) is 0 Å². The Morgan fingerprint density at radius 3 is 2.44 bits per heavy atom. The Morgan fingerprint density at radius 1 is 1.12 bits per heavy atom. The number of nitrogens with zero attached hydrogens (tertiary/aromatic N) is 2. The van der Waals surface area contributed by atoms with Crippen LogP contribution >= 0.6 is 0 Å². The summed E-state index contributed by atoms with van der Waals surface area (Å²) >= 11 is 0. The van der Waals surface area contributed by atoms with E-state index in [0.717, 1.165) is 42.1 Å². The molecule has 4 rings (SSSR count). The summed E-state index contributed by atoms with van der Waals surface area (Å²) in [6.07, 6.45) is 5.59. The van der Waals surface area contributed by atoms with Crippen molar-refractivity contribution < 1.29 is 18.0 Å². The zero-order valence-electron chi connectivity index (χ0n) is 18.8. The average molecular weight is 486 g/mol. The molecule has 0 bridgehead atoms. The Bertz CT molecular complexity index is 1290. The molecule has 180 valence electrons. The van der Waals surface area contributed by atoms with Gasteiger partial charge in [-0.3, -0.25) is 9.71 Å². The third-order valence-corrected chi connectivity index (χ3v) is 7.13. The number of oxime groups is 1. The largest absolute Gasteiger partial charge is 0.409 e. The molecule has 10 heteroatoms. The van der Waals surface area contributed by atoms with Crippen LogP contribution in [0.15, 0.2) is 59.9 Å². The van der Waals surface area contributed by atoms with Gasteiger partial charge in [0.2, 0.25) is 0 Å². The van der Waals surface area contributed by atoms with Crippen molar-refractivity contribution in [1.29, 1.82) is 0 Å². The summed E-state index contributed by atoms with van der Waals surface area (Å²) in [6, 6.07) is 13.2. The first-order valence-electron chi connectivity index (χ1n) is 11.2. The molecule has 1 unspecified atom stereocenters. The number of nitrogens with two attached hydrogens (primary N) is 1. The van der Waals surface area contributed by atoms with Gasteiger partial charge in [0.05, 0.1) is 5.52 Å². The first kappa shape index (κ1) is 23.9. The number of nitrogens with one attached hydrogen (secondary N) is 2. The van der Waals surface area contributed by atoms with Crippen LogP contribution in [0.5, 0.6) is 0 Å². The summed E-state index contributed by atoms with van der Waals surface area (Å²) in [5, 5.41) is 22.1. The lowest BCUT2D eigenvalue weighted by molar-refractivity contribution is 0.273. The highest BCUT2D eigenvalue weighted by Gasteiger charge is 2.30. The fourth-order valence-corrected chi connectivity index (χ4v) is 5.28. The van der Waals surface area contributed by atoms with E-state index in [9.17, 15) is 18.0 Å². The molecule has 34 heavy (non-hydrogen) atoms. The summed E-state index contributed by atoms with van der Waals surface area (Å²) in [5.41, 5.74) is 2.94. The first-order chi connectivity index (χ1) is 16.2. The Balaban J connectivity index is 1.40. The average Bonchev–Trinajstić information content (AvgIpc) is 2.82. The van der Waals surface area contributed by atoms with Crippen molar-refractivity contribution in [3.63, 3.8) is 0 Å². The third-order valence-electron chi connectivity index (χ3n) is 6.61. The predicted octanol–water partition coefficient (Wildman–Crippen LogP) is 4.80. The highest BCUT2D eigenvalue weighted by atomic mass is 32.2. The number of rotatable bonds is 6. The van der Waals surface area contributed by atoms with Gasteiger partial charge in [-0.15, -0.1) is 0 Å². The molecule has 1 heterocycles. The number of halogens is 1. The lowest BCUT2D eigenvalue weighted by atomic mass is 9.73. The molecule has 2 aromatic carbocycles. The summed E-state index contributed by atoms with van der Waals surface area (Å²) in [7, 11) is -3.84. The molecule has 0 radical (unpaired) electrons. The van der Waals surface area contributed by atoms with Gasteiger partial charge in [0.1, 0.15) is 11.7 Å². The molecule has 1 fully saturated rings. The second-order valence-electron chi connectivity index (χ2n) is 8.80. The van der Waals surface area contributed by atoms with Crippen molar-refractivity contribution in [2.75, 3.05) is 10.0 Å². The SMILES string of the molecule is CC(/C(=N/O)Nc1ccc(NS(N)(=O)=O)cc1)C1CCC(c2ccnc3ccc(F)cc23)CC1. The van der Waals surface area contributed by atoms with Crippen LogP contribution in [-0.4, -0.2) is 24.4 Å². The molecule has 0 saturated heterocycles. The molecule has 1 aliphatic rings. The van der Waals surface area contributed by atoms with Gasteiger partial charge < -0.3 is 10.5 Å². The third kappa shape index (κ3) is 5.63. The molecule has 1 aromatic heterocycles. The van der Waals surface area contributed by atoms with Crippen LogP contribution in [0.4, 0.5) is 15.8 Å². The molecule has 0 aliphatic heterocycles. The Labute approximate surface area is 198 Å². The van der Waals surface area contributed by atoms with E-state index in [2.05, 4.69) is 20.2 Å². The number of hydrogen-bond acceptors (Lipinski definition) is 5. The monoisotopic (exact) mass is 485 g/mol. The quantitative estimate of drug-likeness (QED) is 0.172. The van der Waals surface area contributed by atoms with E-state index < -0.39 is 10.2 Å². The number of amidine groups is 1. The van der Waals surface area contributed by atoms with Gasteiger partial charge in [0, 0.05) is 28.9 Å². The van der Waals surface area contributed by atoms with Gasteiger partial charge in [-0.2, -0.15) is 8.42 Å². The maximum Gasteiger partial charge on any atom is 0.296 e.